The second kappa shape index (κ2) is 4.42. The summed E-state index contributed by atoms with van der Waals surface area (Å²) in [6, 6.07) is 0. The normalized spacial score (nSPS) is 25.3. The summed E-state index contributed by atoms with van der Waals surface area (Å²) in [6.07, 6.45) is 4.04. The molecule has 3 nitrogen and oxygen atoms in total. The molecule has 98 valence electrons. The van der Waals surface area contributed by atoms with Gasteiger partial charge in [0, 0.05) is 10.8 Å². The van der Waals surface area contributed by atoms with E-state index in [1.165, 1.54) is 17.7 Å². The molecule has 2 fully saturated rings. The van der Waals surface area contributed by atoms with E-state index in [9.17, 15) is 4.79 Å². The lowest BCUT2D eigenvalue weighted by molar-refractivity contribution is -0.120. The summed E-state index contributed by atoms with van der Waals surface area (Å²) in [6.45, 7) is 6.26. The van der Waals surface area contributed by atoms with Crippen LogP contribution in [0.1, 0.15) is 34.8 Å². The van der Waals surface area contributed by atoms with E-state index >= 15 is 0 Å². The van der Waals surface area contributed by atoms with Gasteiger partial charge < -0.3 is 5.32 Å². The number of aryl methyl sites for hydroxylation is 2. The fraction of sp³-hybridized carbons (Fsp3) is 0.714. The number of ketones is 1. The van der Waals surface area contributed by atoms with Crippen LogP contribution >= 0.6 is 11.3 Å². The van der Waals surface area contributed by atoms with Crippen LogP contribution in [0.5, 0.6) is 0 Å². The number of Topliss-reactive ketones (excluding diaryl/α,β-unsaturated/α-hetero) is 1. The van der Waals surface area contributed by atoms with E-state index in [1.807, 2.05) is 6.92 Å². The predicted molar refractivity (Wildman–Crippen MR) is 72.9 cm³/mol. The van der Waals surface area contributed by atoms with Crippen molar-refractivity contribution in [2.24, 2.45) is 11.3 Å². The second-order valence-electron chi connectivity index (χ2n) is 5.76. The summed E-state index contributed by atoms with van der Waals surface area (Å²) in [7, 11) is 0. The highest BCUT2D eigenvalue weighted by Crippen LogP contribution is 2.59. The van der Waals surface area contributed by atoms with Gasteiger partial charge in [-0.1, -0.05) is 0 Å². The lowest BCUT2D eigenvalue weighted by Crippen LogP contribution is -2.30. The maximum absolute atomic E-state index is 12.3. The first-order chi connectivity index (χ1) is 8.61. The predicted octanol–water partition coefficient (Wildman–Crippen LogP) is 2.26. The second-order valence-corrected chi connectivity index (χ2v) is 7.05. The number of hydrogen-bond acceptors (Lipinski definition) is 4. The fourth-order valence-electron chi connectivity index (χ4n) is 3.17. The van der Waals surface area contributed by atoms with Gasteiger partial charge in [-0.15, -0.1) is 11.3 Å². The molecule has 1 atom stereocenters. The largest absolute Gasteiger partial charge is 0.317 e. The number of nitrogens with zero attached hydrogens (tertiary/aromatic N) is 1. The molecule has 1 spiro atoms. The number of carbonyl (C=O) groups excluding carboxylic acids is 1. The molecule has 18 heavy (non-hydrogen) atoms. The smallest absolute Gasteiger partial charge is 0.143 e. The zero-order chi connectivity index (χ0) is 12.8. The molecule has 1 saturated heterocycles. The Kier molecular flexibility index (Phi) is 3.02. The summed E-state index contributed by atoms with van der Waals surface area (Å²) in [4.78, 5) is 18.0. The highest BCUT2D eigenvalue weighted by Gasteiger charge is 2.57. The summed E-state index contributed by atoms with van der Waals surface area (Å²) in [5.74, 6) is 0.745. The monoisotopic (exact) mass is 264 g/mol. The molecule has 3 rings (SSSR count). The lowest BCUT2D eigenvalue weighted by Gasteiger charge is -2.23. The molecule has 0 radical (unpaired) electrons. The molecule has 2 aliphatic rings. The van der Waals surface area contributed by atoms with Crippen molar-refractivity contribution in [3.8, 4) is 0 Å². The van der Waals surface area contributed by atoms with E-state index in [0.29, 0.717) is 23.5 Å². The fourth-order valence-corrected chi connectivity index (χ4v) is 4.11. The molecule has 1 aromatic heterocycles. The number of rotatable bonds is 3. The van der Waals surface area contributed by atoms with E-state index in [2.05, 4.69) is 17.2 Å². The number of thiazole rings is 1. The first-order valence-corrected chi connectivity index (χ1v) is 7.59. The number of hydrogen-bond donors (Lipinski definition) is 1. The summed E-state index contributed by atoms with van der Waals surface area (Å²) < 4.78 is 0. The minimum atomic E-state index is 0.323. The van der Waals surface area contributed by atoms with Gasteiger partial charge in [0.15, 0.2) is 0 Å². The van der Waals surface area contributed by atoms with Crippen LogP contribution in [0, 0.1) is 25.2 Å². The molecular formula is C14H20N2OS. The van der Waals surface area contributed by atoms with E-state index in [1.54, 1.807) is 11.3 Å². The van der Waals surface area contributed by atoms with E-state index in [4.69, 9.17) is 0 Å². The Morgan fingerprint density at radius 1 is 1.44 bits per heavy atom. The summed E-state index contributed by atoms with van der Waals surface area (Å²) >= 11 is 1.68. The third-order valence-corrected chi connectivity index (χ3v) is 5.65. The van der Waals surface area contributed by atoms with Crippen molar-refractivity contribution in [2.75, 3.05) is 13.1 Å². The van der Waals surface area contributed by atoms with Gasteiger partial charge >= 0.3 is 0 Å². The van der Waals surface area contributed by atoms with Crippen LogP contribution in [0.4, 0.5) is 0 Å². The Hall–Kier alpha value is -0.740. The van der Waals surface area contributed by atoms with Crippen molar-refractivity contribution in [3.05, 3.63) is 15.6 Å². The van der Waals surface area contributed by atoms with Gasteiger partial charge in [-0.05, 0) is 51.6 Å². The topological polar surface area (TPSA) is 42.0 Å². The zero-order valence-corrected chi connectivity index (χ0v) is 11.9. The molecule has 1 saturated carbocycles. The minimum absolute atomic E-state index is 0.323. The molecule has 0 amide bonds. The van der Waals surface area contributed by atoms with E-state index < -0.39 is 0 Å². The standard InChI is InChI=1S/C14H20N2OS/c1-9-10(2)18-13(16-9)7-12(17)11-8-14(11)3-5-15-6-4-14/h11,15H,3-8H2,1-2H3. The average Bonchev–Trinajstić information content (AvgIpc) is 2.93. The van der Waals surface area contributed by atoms with Gasteiger partial charge in [-0.3, -0.25) is 4.79 Å². The van der Waals surface area contributed by atoms with Gasteiger partial charge in [-0.25, -0.2) is 4.98 Å². The molecule has 4 heteroatoms. The molecule has 1 N–H and O–H groups in total. The van der Waals surface area contributed by atoms with Crippen molar-refractivity contribution in [3.63, 3.8) is 0 Å². The molecule has 1 aliphatic carbocycles. The van der Waals surface area contributed by atoms with Gasteiger partial charge in [0.1, 0.15) is 10.8 Å². The molecule has 1 aromatic rings. The number of carbonyl (C=O) groups is 1. The van der Waals surface area contributed by atoms with E-state index in [-0.39, 0.29) is 0 Å². The Morgan fingerprint density at radius 3 is 2.78 bits per heavy atom. The van der Waals surface area contributed by atoms with Crippen LogP contribution in [-0.4, -0.2) is 23.9 Å². The van der Waals surface area contributed by atoms with Crippen molar-refractivity contribution in [1.29, 1.82) is 0 Å². The maximum atomic E-state index is 12.3. The average molecular weight is 264 g/mol. The third kappa shape index (κ3) is 2.12. The Balaban J connectivity index is 1.63. The van der Waals surface area contributed by atoms with Gasteiger partial charge in [0.2, 0.25) is 0 Å². The maximum Gasteiger partial charge on any atom is 0.143 e. The number of aromatic nitrogens is 1. The van der Waals surface area contributed by atoms with Crippen LogP contribution in [0.3, 0.4) is 0 Å². The Labute approximate surface area is 112 Å². The summed E-state index contributed by atoms with van der Waals surface area (Å²) in [5, 5.41) is 4.38. The third-order valence-electron chi connectivity index (χ3n) is 4.58. The van der Waals surface area contributed by atoms with Crippen LogP contribution in [-0.2, 0) is 11.2 Å². The Morgan fingerprint density at radius 2 is 2.17 bits per heavy atom. The molecule has 1 unspecified atom stereocenters. The van der Waals surface area contributed by atoms with Crippen LogP contribution in [0.25, 0.3) is 0 Å². The first-order valence-electron chi connectivity index (χ1n) is 6.77. The Bertz CT molecular complexity index is 455. The van der Waals surface area contributed by atoms with Gasteiger partial charge in [0.05, 0.1) is 12.1 Å². The molecular weight excluding hydrogens is 244 g/mol. The van der Waals surface area contributed by atoms with Crippen molar-refractivity contribution < 1.29 is 4.79 Å². The van der Waals surface area contributed by atoms with Crippen LogP contribution < -0.4 is 5.32 Å². The molecule has 0 aromatic carbocycles. The lowest BCUT2D eigenvalue weighted by atomic mass is 9.90. The molecule has 0 bridgehead atoms. The minimum Gasteiger partial charge on any atom is -0.317 e. The SMILES string of the molecule is Cc1nc(CC(=O)C2CC23CCNCC3)sc1C. The zero-order valence-electron chi connectivity index (χ0n) is 11.1. The first kappa shape index (κ1) is 12.3. The molecule has 1 aliphatic heterocycles. The van der Waals surface area contributed by atoms with Crippen LogP contribution in [0.15, 0.2) is 0 Å². The number of piperidine rings is 1. The van der Waals surface area contributed by atoms with Crippen molar-refractivity contribution >= 4 is 17.1 Å². The summed E-state index contributed by atoms with van der Waals surface area (Å²) in [5.41, 5.74) is 1.44. The highest BCUT2D eigenvalue weighted by molar-refractivity contribution is 7.11. The van der Waals surface area contributed by atoms with Crippen molar-refractivity contribution in [1.82, 2.24) is 10.3 Å². The van der Waals surface area contributed by atoms with Crippen molar-refractivity contribution in [2.45, 2.75) is 39.5 Å². The quantitative estimate of drug-likeness (QED) is 0.910. The van der Waals surface area contributed by atoms with Crippen LogP contribution in [0.2, 0.25) is 0 Å². The van der Waals surface area contributed by atoms with Gasteiger partial charge in [-0.2, -0.15) is 0 Å². The van der Waals surface area contributed by atoms with E-state index in [0.717, 1.165) is 30.2 Å². The molecule has 2 heterocycles. The van der Waals surface area contributed by atoms with Gasteiger partial charge in [0.25, 0.3) is 0 Å². The number of nitrogens with one attached hydrogen (secondary N) is 1. The highest BCUT2D eigenvalue weighted by atomic mass is 32.1.